The fourth-order valence-corrected chi connectivity index (χ4v) is 8.23. The van der Waals surface area contributed by atoms with Gasteiger partial charge in [-0.15, -0.1) is 0 Å². The van der Waals surface area contributed by atoms with Gasteiger partial charge in [-0.25, -0.2) is 13.2 Å². The Kier molecular flexibility index (Phi) is 5.35. The highest BCUT2D eigenvalue weighted by Gasteiger charge is 2.70. The molecule has 1 aromatic carbocycles. The number of alkyl carbamates (subject to hydrolysis) is 1. The van der Waals surface area contributed by atoms with Crippen LogP contribution in [0.25, 0.3) is 0 Å². The van der Waals surface area contributed by atoms with Gasteiger partial charge in [-0.2, -0.15) is 18.4 Å². The van der Waals surface area contributed by atoms with Crippen molar-refractivity contribution in [2.75, 3.05) is 17.5 Å². The van der Waals surface area contributed by atoms with Gasteiger partial charge in [-0.1, -0.05) is 6.92 Å². The van der Waals surface area contributed by atoms with Crippen LogP contribution in [-0.4, -0.2) is 38.5 Å². The van der Waals surface area contributed by atoms with Crippen molar-refractivity contribution in [3.63, 3.8) is 0 Å². The number of halogens is 3. The molecule has 3 fully saturated rings. The number of sulfonamides is 1. The van der Waals surface area contributed by atoms with Crippen molar-refractivity contribution in [1.82, 2.24) is 5.32 Å². The Bertz CT molecular complexity index is 1080. The molecule has 1 N–H and O–H groups in total. The third-order valence-corrected chi connectivity index (χ3v) is 10.0. The summed E-state index contributed by atoms with van der Waals surface area (Å²) in [6.07, 6.45) is -3.52. The number of rotatable bonds is 4. The van der Waals surface area contributed by atoms with Crippen LogP contribution in [0, 0.1) is 29.1 Å². The minimum Gasteiger partial charge on any atom is -0.450 e. The molecular weight excluding hydrogens is 447 g/mol. The molecule has 7 nitrogen and oxygen atoms in total. The number of ether oxygens (including phenoxy) is 1. The number of hydrogen-bond acceptors (Lipinski definition) is 5. The molecule has 0 aromatic heterocycles. The maximum Gasteiger partial charge on any atom is 0.417 e. The lowest BCUT2D eigenvalue weighted by atomic mass is 9.77. The van der Waals surface area contributed by atoms with E-state index in [1.807, 2.05) is 6.92 Å². The van der Waals surface area contributed by atoms with E-state index in [9.17, 15) is 26.4 Å². The summed E-state index contributed by atoms with van der Waals surface area (Å²) in [6, 6.07) is 4.27. The highest BCUT2D eigenvalue weighted by molar-refractivity contribution is 7.94. The van der Waals surface area contributed by atoms with E-state index >= 15 is 0 Å². The molecule has 1 aliphatic heterocycles. The second-order valence-electron chi connectivity index (χ2n) is 8.88. The molecule has 2 aliphatic carbocycles. The summed E-state index contributed by atoms with van der Waals surface area (Å²) >= 11 is 0. The first-order valence-corrected chi connectivity index (χ1v) is 12.0. The van der Waals surface area contributed by atoms with Crippen LogP contribution in [0.5, 0.6) is 0 Å². The molecule has 32 heavy (non-hydrogen) atoms. The van der Waals surface area contributed by atoms with Gasteiger partial charge < -0.3 is 10.1 Å². The lowest BCUT2D eigenvalue weighted by Crippen LogP contribution is -2.51. The number of carbonyl (C=O) groups excluding carboxylic acids is 1. The SMILES string of the molecule is CCCOC(=O)N[C@@H]1C[C@@H]2C[C@H]1[C@@H]1CN(c3ccc(C#N)c(C(F)(F)F)c3)S(=O)(=O)[C@]21C. The quantitative estimate of drug-likeness (QED) is 0.723. The predicted molar refractivity (Wildman–Crippen MR) is 109 cm³/mol. The van der Waals surface area contributed by atoms with Crippen LogP contribution in [0.2, 0.25) is 0 Å². The monoisotopic (exact) mass is 471 g/mol. The zero-order chi connectivity index (χ0) is 23.5. The van der Waals surface area contributed by atoms with Crippen LogP contribution in [0.3, 0.4) is 0 Å². The average Bonchev–Trinajstić information content (AvgIpc) is 3.32. The summed E-state index contributed by atoms with van der Waals surface area (Å²) in [5.41, 5.74) is -1.81. The van der Waals surface area contributed by atoms with Gasteiger partial charge in [-0.05, 0) is 56.2 Å². The van der Waals surface area contributed by atoms with Crippen molar-refractivity contribution >= 4 is 21.8 Å². The molecule has 0 spiro atoms. The Hall–Kier alpha value is -2.48. The fraction of sp³-hybridized carbons (Fsp3) is 0.619. The third kappa shape index (κ3) is 3.22. The lowest BCUT2D eigenvalue weighted by molar-refractivity contribution is -0.137. The van der Waals surface area contributed by atoms with E-state index in [0.29, 0.717) is 19.3 Å². The van der Waals surface area contributed by atoms with Crippen LogP contribution in [-0.2, 0) is 20.9 Å². The summed E-state index contributed by atoms with van der Waals surface area (Å²) in [6.45, 7) is 3.86. The number of hydrogen-bond donors (Lipinski definition) is 1. The molecular formula is C21H24F3N3O4S. The van der Waals surface area contributed by atoms with Gasteiger partial charge in [0.2, 0.25) is 10.0 Å². The maximum absolute atomic E-state index is 13.5. The van der Waals surface area contributed by atoms with Gasteiger partial charge in [0.05, 0.1) is 34.2 Å². The van der Waals surface area contributed by atoms with Crippen LogP contribution < -0.4 is 9.62 Å². The number of nitrogens with zero attached hydrogens (tertiary/aromatic N) is 2. The molecule has 11 heteroatoms. The number of anilines is 1. The highest BCUT2D eigenvalue weighted by Crippen LogP contribution is 2.62. The van der Waals surface area contributed by atoms with Crippen LogP contribution in [0.1, 0.15) is 44.2 Å². The summed E-state index contributed by atoms with van der Waals surface area (Å²) < 4.78 is 72.4. The van der Waals surface area contributed by atoms with Crippen molar-refractivity contribution in [2.24, 2.45) is 17.8 Å². The largest absolute Gasteiger partial charge is 0.450 e. The Morgan fingerprint density at radius 3 is 2.72 bits per heavy atom. The molecule has 1 amide bonds. The van der Waals surface area contributed by atoms with E-state index in [4.69, 9.17) is 10.00 Å². The van der Waals surface area contributed by atoms with Gasteiger partial charge in [-0.3, -0.25) is 4.31 Å². The number of nitrogens with one attached hydrogen (secondary N) is 1. The molecule has 4 rings (SSSR count). The second kappa shape index (κ2) is 7.54. The van der Waals surface area contributed by atoms with Crippen molar-refractivity contribution in [2.45, 2.75) is 50.1 Å². The number of amides is 1. The normalized spacial score (nSPS) is 32.4. The number of nitriles is 1. The van der Waals surface area contributed by atoms with Crippen LogP contribution in [0.15, 0.2) is 18.2 Å². The lowest BCUT2D eigenvalue weighted by Gasteiger charge is -2.37. The molecule has 2 saturated carbocycles. The predicted octanol–water partition coefficient (Wildman–Crippen LogP) is 3.65. The van der Waals surface area contributed by atoms with E-state index < -0.39 is 38.2 Å². The first kappa shape index (κ1) is 22.7. The molecule has 1 aromatic rings. The van der Waals surface area contributed by atoms with Crippen molar-refractivity contribution in [1.29, 1.82) is 5.26 Å². The Morgan fingerprint density at radius 1 is 1.38 bits per heavy atom. The van der Waals surface area contributed by atoms with E-state index in [-0.39, 0.29) is 42.6 Å². The zero-order valence-electron chi connectivity index (χ0n) is 17.6. The Labute approximate surface area is 184 Å². The Morgan fingerprint density at radius 2 is 2.09 bits per heavy atom. The molecule has 0 unspecified atom stereocenters. The number of fused-ring (bicyclic) bond motifs is 5. The number of carbonyl (C=O) groups is 1. The molecule has 174 valence electrons. The van der Waals surface area contributed by atoms with E-state index in [2.05, 4.69) is 5.32 Å². The molecule has 1 saturated heterocycles. The number of alkyl halides is 3. The molecule has 5 atom stereocenters. The van der Waals surface area contributed by atoms with E-state index in [0.717, 1.165) is 16.4 Å². The van der Waals surface area contributed by atoms with Gasteiger partial charge in [0.1, 0.15) is 0 Å². The topological polar surface area (TPSA) is 99.5 Å². The van der Waals surface area contributed by atoms with Crippen LogP contribution >= 0.6 is 0 Å². The summed E-state index contributed by atoms with van der Waals surface area (Å²) in [5, 5.41) is 11.9. The first-order valence-electron chi connectivity index (χ1n) is 10.5. The first-order chi connectivity index (χ1) is 14.9. The van der Waals surface area contributed by atoms with Gasteiger partial charge >= 0.3 is 12.3 Å². The highest BCUT2D eigenvalue weighted by atomic mass is 32.2. The Balaban J connectivity index is 1.64. The van der Waals surface area contributed by atoms with Crippen LogP contribution in [0.4, 0.5) is 23.7 Å². The number of benzene rings is 1. The molecule has 3 aliphatic rings. The zero-order valence-corrected chi connectivity index (χ0v) is 18.5. The van der Waals surface area contributed by atoms with Gasteiger partial charge in [0, 0.05) is 18.5 Å². The smallest absolute Gasteiger partial charge is 0.417 e. The standard InChI is InChI=1S/C21H24F3N3O4S/c1-3-6-31-19(28)26-18-8-13-7-15(18)17-11-27(32(29,30)20(13,17)2)14-5-4-12(10-25)16(9-14)21(22,23)24/h4-5,9,13,15,17-18H,3,6-8,11H2,1-2H3,(H,26,28)/t13-,15-,17-,18+,20+/m0/s1. The van der Waals surface area contributed by atoms with E-state index in [1.54, 1.807) is 6.92 Å². The van der Waals surface area contributed by atoms with Gasteiger partial charge in [0.15, 0.2) is 0 Å². The summed E-state index contributed by atoms with van der Waals surface area (Å²) in [4.78, 5) is 12.0. The second-order valence-corrected chi connectivity index (χ2v) is 11.2. The minimum atomic E-state index is -4.78. The maximum atomic E-state index is 13.5. The van der Waals surface area contributed by atoms with E-state index in [1.165, 1.54) is 12.1 Å². The molecule has 2 bridgehead atoms. The molecule has 0 radical (unpaired) electrons. The third-order valence-electron chi connectivity index (χ3n) is 7.34. The fourth-order valence-electron chi connectivity index (χ4n) is 5.76. The molecule has 1 heterocycles. The summed E-state index contributed by atoms with van der Waals surface area (Å²) in [7, 11) is -3.96. The summed E-state index contributed by atoms with van der Waals surface area (Å²) in [5.74, 6) is -0.670. The minimum absolute atomic E-state index is 0.0331. The average molecular weight is 472 g/mol. The van der Waals surface area contributed by atoms with Crippen molar-refractivity contribution in [3.05, 3.63) is 29.3 Å². The van der Waals surface area contributed by atoms with Crippen molar-refractivity contribution in [3.8, 4) is 6.07 Å². The van der Waals surface area contributed by atoms with Gasteiger partial charge in [0.25, 0.3) is 0 Å². The van der Waals surface area contributed by atoms with Crippen molar-refractivity contribution < 1.29 is 31.1 Å².